The molecule has 0 saturated heterocycles. The van der Waals surface area contributed by atoms with Crippen molar-refractivity contribution in [2.45, 2.75) is 104 Å². The number of hydrogen-bond donors (Lipinski definition) is 0. The average Bonchev–Trinajstić information content (AvgIpc) is 2.39. The fourth-order valence-electron chi connectivity index (χ4n) is 2.32. The zero-order chi connectivity index (χ0) is 13.3. The summed E-state index contributed by atoms with van der Waals surface area (Å²) in [5.74, 6) is 0. The Balaban J connectivity index is 0. The van der Waals surface area contributed by atoms with E-state index in [1.54, 1.807) is 0 Å². The second kappa shape index (κ2) is 20.7. The molecule has 0 bridgehead atoms. The van der Waals surface area contributed by atoms with Crippen LogP contribution in [0.3, 0.4) is 0 Å². The molecule has 0 amide bonds. The van der Waals surface area contributed by atoms with Gasteiger partial charge in [-0.15, -0.1) is 0 Å². The Bertz CT molecular complexity index is 145. The third kappa shape index (κ3) is 20.8. The monoisotopic (exact) mass is 316 g/mol. The molecule has 19 heavy (non-hydrogen) atoms. The van der Waals surface area contributed by atoms with Gasteiger partial charge in [0.1, 0.15) is 0 Å². The van der Waals surface area contributed by atoms with Gasteiger partial charge in [-0.05, 0) is 25.7 Å². The van der Waals surface area contributed by atoms with E-state index in [4.69, 9.17) is 0 Å². The summed E-state index contributed by atoms with van der Waals surface area (Å²) in [6.07, 6.45) is 24.4. The summed E-state index contributed by atoms with van der Waals surface area (Å²) < 4.78 is 0. The van der Waals surface area contributed by atoms with Gasteiger partial charge in [0.25, 0.3) is 0 Å². The second-order valence-electron chi connectivity index (χ2n) is 5.58. The fraction of sp³-hybridized carbons (Fsp3) is 0.889. The van der Waals surface area contributed by atoms with Gasteiger partial charge < -0.3 is 0 Å². The zero-order valence-electron chi connectivity index (χ0n) is 13.8. The molecule has 1 heteroatoms. The minimum Gasteiger partial charge on any atom is -0.0885 e. The summed E-state index contributed by atoms with van der Waals surface area (Å²) in [5.41, 5.74) is 0. The molecule has 110 valence electrons. The van der Waals surface area contributed by atoms with Crippen molar-refractivity contribution in [1.29, 1.82) is 0 Å². The Morgan fingerprint density at radius 1 is 0.474 bits per heavy atom. The van der Waals surface area contributed by atoms with Crippen LogP contribution in [0.15, 0.2) is 12.2 Å². The van der Waals surface area contributed by atoms with Crippen LogP contribution in [-0.2, 0) is 19.5 Å². The molecule has 0 N–H and O–H groups in total. The van der Waals surface area contributed by atoms with Gasteiger partial charge in [-0.25, -0.2) is 0 Å². The van der Waals surface area contributed by atoms with Gasteiger partial charge in [0.15, 0.2) is 0 Å². The molecule has 0 saturated carbocycles. The molecule has 0 atom stereocenters. The molecule has 0 spiro atoms. The van der Waals surface area contributed by atoms with E-state index in [1.807, 2.05) is 0 Å². The van der Waals surface area contributed by atoms with Crippen molar-refractivity contribution < 1.29 is 19.5 Å². The van der Waals surface area contributed by atoms with Crippen molar-refractivity contribution in [3.63, 3.8) is 0 Å². The molecule has 0 aliphatic carbocycles. The van der Waals surface area contributed by atoms with Crippen molar-refractivity contribution in [2.75, 3.05) is 0 Å². The molecule has 0 unspecified atom stereocenters. The quantitative estimate of drug-likeness (QED) is 0.183. The molecule has 0 rings (SSSR count). The first-order valence-corrected chi connectivity index (χ1v) is 8.56. The van der Waals surface area contributed by atoms with E-state index >= 15 is 0 Å². The van der Waals surface area contributed by atoms with Gasteiger partial charge in [-0.1, -0.05) is 90.2 Å². The van der Waals surface area contributed by atoms with E-state index in [0.29, 0.717) is 0 Å². The summed E-state index contributed by atoms with van der Waals surface area (Å²) >= 11 is 0. The van der Waals surface area contributed by atoms with Crippen LogP contribution in [0.4, 0.5) is 0 Å². The van der Waals surface area contributed by atoms with Crippen LogP contribution in [0.25, 0.3) is 0 Å². The summed E-state index contributed by atoms with van der Waals surface area (Å²) in [5, 5.41) is 0. The Morgan fingerprint density at radius 3 is 1.16 bits per heavy atom. The van der Waals surface area contributed by atoms with Crippen LogP contribution >= 0.6 is 0 Å². The summed E-state index contributed by atoms with van der Waals surface area (Å²) in [6.45, 7) is 4.57. The van der Waals surface area contributed by atoms with Crippen molar-refractivity contribution >= 4 is 0 Å². The molecule has 0 aromatic rings. The van der Waals surface area contributed by atoms with Crippen LogP contribution in [0, 0.1) is 0 Å². The predicted molar refractivity (Wildman–Crippen MR) is 85.1 cm³/mol. The van der Waals surface area contributed by atoms with Crippen molar-refractivity contribution in [2.24, 2.45) is 0 Å². The van der Waals surface area contributed by atoms with Gasteiger partial charge in [0.2, 0.25) is 0 Å². The van der Waals surface area contributed by atoms with Crippen molar-refractivity contribution in [1.82, 2.24) is 0 Å². The first kappa shape index (κ1) is 21.7. The predicted octanol–water partition coefficient (Wildman–Crippen LogP) is 7.04. The Labute approximate surface area is 135 Å². The minimum absolute atomic E-state index is 0. The van der Waals surface area contributed by atoms with Gasteiger partial charge in [-0.2, -0.15) is 0 Å². The van der Waals surface area contributed by atoms with Crippen molar-refractivity contribution in [3.8, 4) is 0 Å². The Hall–Kier alpha value is 0.363. The van der Waals surface area contributed by atoms with Crippen LogP contribution in [0.5, 0.6) is 0 Å². The maximum Gasteiger partial charge on any atom is 0 e. The maximum atomic E-state index is 2.41. The number of hydrogen-bond acceptors (Lipinski definition) is 0. The minimum atomic E-state index is 0. The van der Waals surface area contributed by atoms with Gasteiger partial charge >= 0.3 is 0 Å². The molecule has 0 aliphatic heterocycles. The summed E-state index contributed by atoms with van der Waals surface area (Å²) in [4.78, 5) is 0. The van der Waals surface area contributed by atoms with Gasteiger partial charge in [0.05, 0.1) is 0 Å². The number of rotatable bonds is 14. The van der Waals surface area contributed by atoms with E-state index in [2.05, 4.69) is 26.0 Å². The van der Waals surface area contributed by atoms with Crippen LogP contribution in [0.1, 0.15) is 104 Å². The molecule has 0 aromatic heterocycles. The summed E-state index contributed by atoms with van der Waals surface area (Å²) in [7, 11) is 0. The topological polar surface area (TPSA) is 0 Å². The van der Waals surface area contributed by atoms with Gasteiger partial charge in [-0.3, -0.25) is 0 Å². The third-order valence-corrected chi connectivity index (χ3v) is 3.62. The van der Waals surface area contributed by atoms with Gasteiger partial charge in [0, 0.05) is 19.5 Å². The molecule has 0 heterocycles. The van der Waals surface area contributed by atoms with Crippen LogP contribution in [0.2, 0.25) is 0 Å². The normalized spacial score (nSPS) is 10.8. The first-order chi connectivity index (χ1) is 8.91. The second-order valence-corrected chi connectivity index (χ2v) is 5.58. The first-order valence-electron chi connectivity index (χ1n) is 8.56. The molecular weight excluding hydrogens is 282 g/mol. The largest absolute Gasteiger partial charge is 0.0885 e. The smallest absolute Gasteiger partial charge is 0 e. The van der Waals surface area contributed by atoms with Crippen molar-refractivity contribution in [3.05, 3.63) is 12.2 Å². The number of allylic oxidation sites excluding steroid dienone is 2. The van der Waals surface area contributed by atoms with E-state index in [0.717, 1.165) is 0 Å². The average molecular weight is 318 g/mol. The summed E-state index contributed by atoms with van der Waals surface area (Å²) in [6, 6.07) is 0. The molecule has 0 nitrogen and oxygen atoms in total. The van der Waals surface area contributed by atoms with Crippen LogP contribution in [-0.4, -0.2) is 0 Å². The molecule has 0 radical (unpaired) electrons. The van der Waals surface area contributed by atoms with E-state index in [-0.39, 0.29) is 19.5 Å². The SMILES string of the molecule is CCCCCCCC/C=C\CCCCCCCC.[Zn]. The third-order valence-electron chi connectivity index (χ3n) is 3.62. The standard InChI is InChI=1S/C18H36.Zn/c1-3-5-7-9-11-13-15-17-18-16-14-12-10-8-6-4-2;/h17-18H,3-16H2,1-2H3;/b18-17-;. The Morgan fingerprint density at radius 2 is 0.789 bits per heavy atom. The molecule has 0 aromatic carbocycles. The maximum absolute atomic E-state index is 2.41. The molecule has 0 fully saturated rings. The van der Waals surface area contributed by atoms with E-state index < -0.39 is 0 Å². The van der Waals surface area contributed by atoms with E-state index in [9.17, 15) is 0 Å². The molecule has 0 aliphatic rings. The zero-order valence-corrected chi connectivity index (χ0v) is 16.7. The van der Waals surface area contributed by atoms with E-state index in [1.165, 1.54) is 89.9 Å². The number of unbranched alkanes of at least 4 members (excludes halogenated alkanes) is 12. The van der Waals surface area contributed by atoms with Crippen LogP contribution < -0.4 is 0 Å². The molecular formula is C18H36Zn. The fourth-order valence-corrected chi connectivity index (χ4v) is 2.32. The Kier molecular flexibility index (Phi) is 23.6.